The van der Waals surface area contributed by atoms with E-state index in [4.69, 9.17) is 16.3 Å². The number of hydrogen-bond donors (Lipinski definition) is 1. The number of nitrogens with zero attached hydrogens (tertiary/aromatic N) is 5. The van der Waals surface area contributed by atoms with Crippen molar-refractivity contribution in [2.45, 2.75) is 65.1 Å². The predicted octanol–water partition coefficient (Wildman–Crippen LogP) is 6.55. The number of carbonyl (C=O) groups excluding carboxylic acids is 1. The lowest BCUT2D eigenvalue weighted by Gasteiger charge is -2.40. The molecule has 9 heteroatoms. The Morgan fingerprint density at radius 3 is 2.76 bits per heavy atom. The number of unbranched alkanes of at least 4 members (excludes halogenated alkanes) is 1. The van der Waals surface area contributed by atoms with E-state index < -0.39 is 5.60 Å². The van der Waals surface area contributed by atoms with E-state index in [1.54, 1.807) is 18.5 Å². The van der Waals surface area contributed by atoms with Crippen molar-refractivity contribution in [3.63, 3.8) is 0 Å². The number of anilines is 2. The molecule has 8 nitrogen and oxygen atoms in total. The lowest BCUT2D eigenvalue weighted by molar-refractivity contribution is -0.0125. The van der Waals surface area contributed by atoms with Gasteiger partial charge in [-0.05, 0) is 69.5 Å². The Morgan fingerprint density at radius 1 is 1.18 bits per heavy atom. The molecule has 0 aliphatic carbocycles. The fraction of sp³-hybridized carbons (Fsp3) is 0.448. The minimum absolute atomic E-state index is 0.0815. The second-order valence-electron chi connectivity index (χ2n) is 10.5. The highest BCUT2D eigenvalue weighted by Gasteiger charge is 2.32. The topological polar surface area (TPSA) is 83.5 Å². The number of hydrogen-bond acceptors (Lipinski definition) is 7. The third-order valence-corrected chi connectivity index (χ3v) is 6.93. The number of aromatic nitrogens is 3. The van der Waals surface area contributed by atoms with Crippen molar-refractivity contribution in [2.75, 3.05) is 25.0 Å². The Balaban J connectivity index is 1.34. The van der Waals surface area contributed by atoms with Crippen molar-refractivity contribution >= 4 is 29.3 Å². The summed E-state index contributed by atoms with van der Waals surface area (Å²) in [5, 5.41) is 3.76. The van der Waals surface area contributed by atoms with Gasteiger partial charge in [0, 0.05) is 55.9 Å². The first-order valence-electron chi connectivity index (χ1n) is 13.3. The van der Waals surface area contributed by atoms with E-state index in [1.807, 2.05) is 43.0 Å². The highest BCUT2D eigenvalue weighted by molar-refractivity contribution is 6.29. The maximum absolute atomic E-state index is 12.9. The minimum atomic E-state index is -0.438. The van der Waals surface area contributed by atoms with Gasteiger partial charge in [-0.15, -0.1) is 0 Å². The summed E-state index contributed by atoms with van der Waals surface area (Å²) in [4.78, 5) is 30.2. The maximum atomic E-state index is 12.9. The van der Waals surface area contributed by atoms with Crippen LogP contribution in [0, 0.1) is 0 Å². The van der Waals surface area contributed by atoms with Crippen molar-refractivity contribution < 1.29 is 9.53 Å². The van der Waals surface area contributed by atoms with Crippen LogP contribution in [0.3, 0.4) is 0 Å². The number of ether oxygens (including phenoxy) is 1. The zero-order chi connectivity index (χ0) is 27.1. The molecule has 1 atom stereocenters. The van der Waals surface area contributed by atoms with Crippen molar-refractivity contribution in [3.05, 3.63) is 65.6 Å². The Hall–Kier alpha value is -3.23. The Morgan fingerprint density at radius 2 is 2.03 bits per heavy atom. The molecule has 4 rings (SSSR count). The monoisotopic (exact) mass is 536 g/mol. The summed E-state index contributed by atoms with van der Waals surface area (Å²) < 4.78 is 5.86. The SMILES string of the molecule is CCCCC(C)(C)OC(=O)N1CCN(Cc2cccc(Nc3nccc(-c4ccc(Cl)nc4)n3)c2)CC1C. The molecule has 1 saturated heterocycles. The fourth-order valence-electron chi connectivity index (χ4n) is 4.64. The first kappa shape index (κ1) is 27.8. The van der Waals surface area contributed by atoms with Crippen LogP contribution in [-0.4, -0.2) is 62.1 Å². The van der Waals surface area contributed by atoms with Gasteiger partial charge in [-0.25, -0.2) is 19.7 Å². The number of benzene rings is 1. The molecule has 1 unspecified atom stereocenters. The van der Waals surface area contributed by atoms with Crippen molar-refractivity contribution in [1.29, 1.82) is 0 Å². The Kier molecular flexibility index (Phi) is 9.17. The van der Waals surface area contributed by atoms with Crippen LogP contribution in [0.5, 0.6) is 0 Å². The third kappa shape index (κ3) is 7.65. The third-order valence-electron chi connectivity index (χ3n) is 6.71. The number of amides is 1. The second kappa shape index (κ2) is 12.5. The van der Waals surface area contributed by atoms with E-state index in [0.717, 1.165) is 55.8 Å². The molecule has 1 aliphatic rings. The van der Waals surface area contributed by atoms with Crippen LogP contribution in [0.15, 0.2) is 54.9 Å². The van der Waals surface area contributed by atoms with Gasteiger partial charge in [0.05, 0.1) is 5.69 Å². The van der Waals surface area contributed by atoms with E-state index in [2.05, 4.69) is 51.1 Å². The zero-order valence-electron chi connectivity index (χ0n) is 22.7. The van der Waals surface area contributed by atoms with E-state index in [0.29, 0.717) is 17.6 Å². The molecule has 1 aromatic carbocycles. The standard InChI is InChI=1S/C29H37ClN6O2/c1-5-6-13-29(3,4)38-28(37)36-16-15-35(19-21(36)2)20-22-8-7-9-24(17-22)33-27-31-14-12-25(34-27)23-10-11-26(30)32-18-23/h7-12,14,17-18,21H,5-6,13,15-16,19-20H2,1-4H3,(H,31,33,34). The minimum Gasteiger partial charge on any atom is -0.443 e. The van der Waals surface area contributed by atoms with Gasteiger partial charge in [0.15, 0.2) is 0 Å². The maximum Gasteiger partial charge on any atom is 0.410 e. The smallest absolute Gasteiger partial charge is 0.410 e. The van der Waals surface area contributed by atoms with Gasteiger partial charge < -0.3 is 15.0 Å². The fourth-order valence-corrected chi connectivity index (χ4v) is 4.75. The first-order valence-corrected chi connectivity index (χ1v) is 13.6. The van der Waals surface area contributed by atoms with Crippen LogP contribution in [0.4, 0.5) is 16.4 Å². The summed E-state index contributed by atoms with van der Waals surface area (Å²) >= 11 is 5.91. The molecule has 1 N–H and O–H groups in total. The van der Waals surface area contributed by atoms with Crippen LogP contribution in [-0.2, 0) is 11.3 Å². The Bertz CT molecular complexity index is 1220. The van der Waals surface area contributed by atoms with Crippen LogP contribution < -0.4 is 5.32 Å². The van der Waals surface area contributed by atoms with Gasteiger partial charge >= 0.3 is 6.09 Å². The number of piperazine rings is 1. The zero-order valence-corrected chi connectivity index (χ0v) is 23.4. The molecule has 0 saturated carbocycles. The summed E-state index contributed by atoms with van der Waals surface area (Å²) in [7, 11) is 0. The normalized spacial score (nSPS) is 16.3. The molecular formula is C29H37ClN6O2. The first-order chi connectivity index (χ1) is 18.2. The lowest BCUT2D eigenvalue weighted by atomic mass is 10.0. The average molecular weight is 537 g/mol. The number of carbonyl (C=O) groups is 1. The van der Waals surface area contributed by atoms with Crippen molar-refractivity contribution in [2.24, 2.45) is 0 Å². The van der Waals surface area contributed by atoms with E-state index in [1.165, 1.54) is 5.56 Å². The van der Waals surface area contributed by atoms with Gasteiger partial charge in [0.25, 0.3) is 0 Å². The quantitative estimate of drug-likeness (QED) is 0.310. The lowest BCUT2D eigenvalue weighted by Crippen LogP contribution is -2.54. The largest absolute Gasteiger partial charge is 0.443 e. The molecule has 1 fully saturated rings. The number of pyridine rings is 1. The highest BCUT2D eigenvalue weighted by Crippen LogP contribution is 2.23. The molecule has 38 heavy (non-hydrogen) atoms. The molecule has 0 bridgehead atoms. The molecule has 202 valence electrons. The summed E-state index contributed by atoms with van der Waals surface area (Å²) in [6.45, 7) is 11.3. The number of rotatable bonds is 9. The second-order valence-corrected chi connectivity index (χ2v) is 10.9. The van der Waals surface area contributed by atoms with E-state index >= 15 is 0 Å². The average Bonchev–Trinajstić information content (AvgIpc) is 2.88. The van der Waals surface area contributed by atoms with Gasteiger partial charge in [-0.2, -0.15) is 0 Å². The van der Waals surface area contributed by atoms with Gasteiger partial charge in [-0.1, -0.05) is 37.1 Å². The van der Waals surface area contributed by atoms with Crippen LogP contribution in [0.25, 0.3) is 11.3 Å². The van der Waals surface area contributed by atoms with Crippen molar-refractivity contribution in [3.8, 4) is 11.3 Å². The molecule has 0 radical (unpaired) electrons. The molecule has 3 aromatic rings. The molecule has 1 aliphatic heterocycles. The molecule has 0 spiro atoms. The highest BCUT2D eigenvalue weighted by atomic mass is 35.5. The number of halogens is 1. The van der Waals surface area contributed by atoms with Crippen LogP contribution in [0.1, 0.15) is 52.5 Å². The molecule has 3 heterocycles. The molecule has 2 aromatic heterocycles. The van der Waals surface area contributed by atoms with Crippen LogP contribution in [0.2, 0.25) is 5.15 Å². The molecular weight excluding hydrogens is 500 g/mol. The van der Waals surface area contributed by atoms with Gasteiger partial charge in [0.2, 0.25) is 5.95 Å². The summed E-state index contributed by atoms with van der Waals surface area (Å²) in [6, 6.07) is 13.8. The number of nitrogens with one attached hydrogen (secondary N) is 1. The summed E-state index contributed by atoms with van der Waals surface area (Å²) in [6.07, 6.45) is 6.23. The summed E-state index contributed by atoms with van der Waals surface area (Å²) in [5.74, 6) is 0.511. The van der Waals surface area contributed by atoms with Crippen LogP contribution >= 0.6 is 11.6 Å². The van der Waals surface area contributed by atoms with Gasteiger partial charge in [0.1, 0.15) is 10.8 Å². The van der Waals surface area contributed by atoms with E-state index in [9.17, 15) is 4.79 Å². The van der Waals surface area contributed by atoms with E-state index in [-0.39, 0.29) is 12.1 Å². The predicted molar refractivity (Wildman–Crippen MR) is 152 cm³/mol. The van der Waals surface area contributed by atoms with Crippen molar-refractivity contribution in [1.82, 2.24) is 24.8 Å². The molecule has 1 amide bonds. The van der Waals surface area contributed by atoms with Gasteiger partial charge in [-0.3, -0.25) is 4.90 Å². The Labute approximate surface area is 230 Å². The summed E-state index contributed by atoms with van der Waals surface area (Å²) in [5.41, 5.74) is 3.29.